The highest BCUT2D eigenvalue weighted by Crippen LogP contribution is 2.98. The lowest BCUT2D eigenvalue weighted by atomic mass is 9.41. The molecule has 0 amide bonds. The standard InChI is InChI=1S/C32H64Si6/c1-33(2,3)37(34(4,5)6)31(27-15-23-13-24(17-27)18-28(31)16-23)32(38(37,35(7,8)9)36(10,11)12)29-19-25-14-26(21-29)22-30(32)20-25/h23-30H,13-22H2,1-12H3. The van der Waals surface area contributed by atoms with Crippen LogP contribution in [0.1, 0.15) is 64.2 Å². The lowest BCUT2D eigenvalue weighted by Crippen LogP contribution is -3.13. The second-order valence-electron chi connectivity index (χ2n) is 20.8. The largest absolute Gasteiger partial charge is 0.0718 e. The van der Waals surface area contributed by atoms with E-state index in [1.54, 1.807) is 64.2 Å². The molecular weight excluding hydrogens is 553 g/mol. The van der Waals surface area contributed by atoms with E-state index in [2.05, 4.69) is 78.6 Å². The van der Waals surface area contributed by atoms with Crippen molar-refractivity contribution >= 4 is 43.6 Å². The number of hydrogen-bond acceptors (Lipinski definition) is 0. The molecule has 8 bridgehead atoms. The smallest absolute Gasteiger partial charge is 0.0419 e. The Kier molecular flexibility index (Phi) is 5.68. The Hall–Kier alpha value is 1.30. The van der Waals surface area contributed by atoms with E-state index in [1.165, 1.54) is 23.7 Å². The van der Waals surface area contributed by atoms with Crippen molar-refractivity contribution in [2.75, 3.05) is 0 Å². The molecule has 0 unspecified atom stereocenters. The van der Waals surface area contributed by atoms with E-state index in [1.807, 2.05) is 0 Å². The van der Waals surface area contributed by atoms with E-state index in [0.29, 0.717) is 0 Å². The van der Waals surface area contributed by atoms with Gasteiger partial charge in [-0.1, -0.05) is 78.6 Å². The van der Waals surface area contributed by atoms with Crippen LogP contribution in [0.5, 0.6) is 0 Å². The Labute approximate surface area is 242 Å². The lowest BCUT2D eigenvalue weighted by molar-refractivity contribution is -0.128. The third kappa shape index (κ3) is 2.61. The first-order valence-corrected chi connectivity index (χ1v) is 40.3. The first-order chi connectivity index (χ1) is 17.3. The van der Waals surface area contributed by atoms with E-state index in [4.69, 9.17) is 0 Å². The van der Waals surface area contributed by atoms with Crippen LogP contribution >= 0.6 is 0 Å². The Bertz CT molecular complexity index is 851. The van der Waals surface area contributed by atoms with Crippen LogP contribution in [-0.4, -0.2) is 43.6 Å². The fourth-order valence-corrected chi connectivity index (χ4v) is 267. The maximum absolute atomic E-state index is 3.06. The van der Waals surface area contributed by atoms with Crippen molar-refractivity contribution in [3.8, 4) is 0 Å². The molecule has 1 heterocycles. The minimum Gasteiger partial charge on any atom is -0.0718 e. The number of rotatable bonds is 4. The molecule has 0 atom stereocenters. The van der Waals surface area contributed by atoms with Gasteiger partial charge in [-0.05, 0) is 122 Å². The molecule has 6 heteroatoms. The Morgan fingerprint density at radius 2 is 0.526 bits per heavy atom. The highest BCUT2D eigenvalue weighted by atomic mass is 30.2. The summed E-state index contributed by atoms with van der Waals surface area (Å²) < 4.78 is 0. The molecule has 0 aromatic carbocycles. The Morgan fingerprint density at radius 3 is 0.684 bits per heavy atom. The van der Waals surface area contributed by atoms with Gasteiger partial charge in [-0.25, -0.2) is 0 Å². The van der Waals surface area contributed by atoms with Crippen LogP contribution in [0.4, 0.5) is 0 Å². The molecule has 0 aromatic rings. The van der Waals surface area contributed by atoms with Crippen LogP contribution in [0.15, 0.2) is 0 Å². The van der Waals surface area contributed by atoms with Crippen molar-refractivity contribution < 1.29 is 0 Å². The Balaban J connectivity index is 1.67. The van der Waals surface area contributed by atoms with Crippen molar-refractivity contribution in [1.82, 2.24) is 0 Å². The summed E-state index contributed by atoms with van der Waals surface area (Å²) in [5.41, 5.74) is 0. The fourth-order valence-electron chi connectivity index (χ4n) is 18.6. The van der Waals surface area contributed by atoms with Gasteiger partial charge in [0, 0.05) is 43.6 Å². The average molecular weight is 617 g/mol. The van der Waals surface area contributed by atoms with Crippen LogP contribution in [0.2, 0.25) is 88.6 Å². The molecule has 1 saturated heterocycles. The van der Waals surface area contributed by atoms with E-state index >= 15 is 0 Å². The van der Waals surface area contributed by atoms with Crippen molar-refractivity contribution in [3.05, 3.63) is 0 Å². The molecule has 216 valence electrons. The van der Waals surface area contributed by atoms with Crippen LogP contribution < -0.4 is 0 Å². The fraction of sp³-hybridized carbons (Fsp3) is 1.00. The van der Waals surface area contributed by atoms with Crippen molar-refractivity contribution in [1.29, 1.82) is 0 Å². The van der Waals surface area contributed by atoms with Crippen LogP contribution in [-0.2, 0) is 0 Å². The highest BCUT2D eigenvalue weighted by molar-refractivity contribution is 8.12. The summed E-state index contributed by atoms with van der Waals surface area (Å²) in [5, 5.41) is 1.83. The molecule has 9 fully saturated rings. The summed E-state index contributed by atoms with van der Waals surface area (Å²) >= 11 is 0. The third-order valence-electron chi connectivity index (χ3n) is 15.8. The zero-order valence-electron chi connectivity index (χ0n) is 27.7. The van der Waals surface area contributed by atoms with Gasteiger partial charge in [-0.15, -0.1) is 0 Å². The van der Waals surface area contributed by atoms with Crippen LogP contribution in [0.25, 0.3) is 0 Å². The van der Waals surface area contributed by atoms with Crippen molar-refractivity contribution in [3.63, 3.8) is 0 Å². The molecule has 38 heavy (non-hydrogen) atoms. The molecular formula is C32H64Si6. The van der Waals surface area contributed by atoms with Crippen LogP contribution in [0.3, 0.4) is 0 Å². The molecule has 1 aliphatic heterocycles. The molecule has 8 saturated carbocycles. The second-order valence-corrected chi connectivity index (χ2v) is 84.0. The van der Waals surface area contributed by atoms with Gasteiger partial charge in [-0.2, -0.15) is 0 Å². The quantitative estimate of drug-likeness (QED) is 0.276. The van der Waals surface area contributed by atoms with Crippen LogP contribution in [0, 0.1) is 47.3 Å². The minimum absolute atomic E-state index is 0.914. The first kappa shape index (κ1) is 28.1. The van der Waals surface area contributed by atoms with Gasteiger partial charge in [0.2, 0.25) is 0 Å². The first-order valence-electron chi connectivity index (χ1n) is 17.3. The molecule has 0 nitrogen and oxygen atoms in total. The van der Waals surface area contributed by atoms with Gasteiger partial charge in [-0.3, -0.25) is 0 Å². The van der Waals surface area contributed by atoms with Gasteiger partial charge in [0.1, 0.15) is 0 Å². The predicted octanol–water partition coefficient (Wildman–Crippen LogP) is 10.0. The molecule has 2 spiro atoms. The van der Waals surface area contributed by atoms with E-state index < -0.39 is 43.6 Å². The molecule has 9 aliphatic rings. The van der Waals surface area contributed by atoms with Crippen molar-refractivity contribution in [2.24, 2.45) is 47.3 Å². The van der Waals surface area contributed by atoms with Gasteiger partial charge >= 0.3 is 0 Å². The zero-order chi connectivity index (χ0) is 27.7. The summed E-state index contributed by atoms with van der Waals surface area (Å²) in [5.74, 6) is 9.32. The maximum atomic E-state index is 3.06. The van der Waals surface area contributed by atoms with E-state index in [-0.39, 0.29) is 0 Å². The summed E-state index contributed by atoms with van der Waals surface area (Å²) in [6.07, 6.45) is 17.0. The topological polar surface area (TPSA) is 0 Å². The average Bonchev–Trinajstić information content (AvgIpc) is 2.67. The van der Waals surface area contributed by atoms with Gasteiger partial charge in [0.25, 0.3) is 0 Å². The summed E-state index contributed by atoms with van der Waals surface area (Å²) in [6, 6.07) is 0. The molecule has 8 aliphatic carbocycles. The lowest BCUT2D eigenvalue weighted by Gasteiger charge is -2.99. The monoisotopic (exact) mass is 616 g/mol. The van der Waals surface area contributed by atoms with Gasteiger partial charge < -0.3 is 0 Å². The summed E-state index contributed by atoms with van der Waals surface area (Å²) in [4.78, 5) is 0. The second kappa shape index (κ2) is 7.68. The molecule has 0 radical (unpaired) electrons. The maximum Gasteiger partial charge on any atom is 0.0419 e. The SMILES string of the molecule is C[Si](C)(C)[Si]1([Si](C)(C)C)C2(C3CC4CC(C3)CC2C4)C2(C3CC4CC(C3)CC2C4)[Si]1([Si](C)(C)C)[Si](C)(C)C. The highest BCUT2D eigenvalue weighted by Gasteiger charge is 3.01. The number of hydrogen-bond donors (Lipinski definition) is 0. The Morgan fingerprint density at radius 1 is 0.342 bits per heavy atom. The third-order valence-corrected chi connectivity index (χ3v) is 145. The normalized spacial score (nSPS) is 50.2. The summed E-state index contributed by atoms with van der Waals surface area (Å²) in [6.45, 7) is 33.7. The molecule has 9 rings (SSSR count). The summed E-state index contributed by atoms with van der Waals surface area (Å²) in [7, 11) is -5.52. The minimum atomic E-state index is -1.54. The van der Waals surface area contributed by atoms with Gasteiger partial charge in [0.05, 0.1) is 0 Å². The van der Waals surface area contributed by atoms with Crippen molar-refractivity contribution in [2.45, 2.75) is 153 Å². The van der Waals surface area contributed by atoms with Gasteiger partial charge in [0.15, 0.2) is 0 Å². The van der Waals surface area contributed by atoms with E-state index in [9.17, 15) is 0 Å². The molecule has 0 aromatic heterocycles. The van der Waals surface area contributed by atoms with E-state index in [0.717, 1.165) is 33.7 Å². The molecule has 0 N–H and O–H groups in total. The zero-order valence-corrected chi connectivity index (χ0v) is 33.7. The predicted molar refractivity (Wildman–Crippen MR) is 184 cm³/mol.